The molecule has 56 valence electrons. The van der Waals surface area contributed by atoms with Crippen LogP contribution in [0.15, 0.2) is 12.1 Å². The second kappa shape index (κ2) is 2.20. The normalized spacial score (nSPS) is 10.7. The number of benzene rings is 1. The molecule has 0 fully saturated rings. The van der Waals surface area contributed by atoms with Gasteiger partial charge in [0, 0.05) is 0 Å². The van der Waals surface area contributed by atoms with Crippen molar-refractivity contribution < 1.29 is 8.78 Å². The van der Waals surface area contributed by atoms with Crippen LogP contribution in [0.1, 0.15) is 0 Å². The Balaban J connectivity index is 2.93. The van der Waals surface area contributed by atoms with Crippen LogP contribution in [0.2, 0.25) is 0 Å². The molecule has 0 radical (unpaired) electrons. The van der Waals surface area contributed by atoms with Crippen LogP contribution in [-0.4, -0.2) is 8.75 Å². The average Bonchev–Trinajstić information content (AvgIpc) is 2.45. The van der Waals surface area contributed by atoms with E-state index in [-0.39, 0.29) is 5.52 Å². The van der Waals surface area contributed by atoms with Crippen LogP contribution in [0.5, 0.6) is 0 Å². The van der Waals surface area contributed by atoms with Gasteiger partial charge >= 0.3 is 0 Å². The first-order chi connectivity index (χ1) is 5.29. The lowest BCUT2D eigenvalue weighted by Crippen LogP contribution is -1.84. The minimum Gasteiger partial charge on any atom is -0.204 e. The van der Waals surface area contributed by atoms with Gasteiger partial charge in [0.1, 0.15) is 11.0 Å². The second-order valence-electron chi connectivity index (χ2n) is 1.99. The molecule has 11 heavy (non-hydrogen) atoms. The summed E-state index contributed by atoms with van der Waals surface area (Å²) in [5.74, 6) is -1.80. The molecule has 5 heteroatoms. The highest BCUT2D eigenvalue weighted by Gasteiger charge is 2.09. The van der Waals surface area contributed by atoms with E-state index in [1.807, 2.05) is 0 Å². The van der Waals surface area contributed by atoms with Crippen LogP contribution in [0.25, 0.3) is 11.0 Å². The summed E-state index contributed by atoms with van der Waals surface area (Å²) in [5.41, 5.74) is 0.406. The Morgan fingerprint density at radius 2 is 2.00 bits per heavy atom. The van der Waals surface area contributed by atoms with Gasteiger partial charge in [-0.25, -0.2) is 8.78 Å². The largest absolute Gasteiger partial charge is 0.204 e. The highest BCUT2D eigenvalue weighted by Crippen LogP contribution is 2.17. The molecule has 0 aliphatic heterocycles. The fourth-order valence-electron chi connectivity index (χ4n) is 0.795. The van der Waals surface area contributed by atoms with Crippen LogP contribution in [-0.2, 0) is 0 Å². The molecule has 0 aliphatic carbocycles. The van der Waals surface area contributed by atoms with Crippen molar-refractivity contribution in [3.63, 3.8) is 0 Å². The van der Waals surface area contributed by atoms with Gasteiger partial charge in [0.05, 0.1) is 11.7 Å². The van der Waals surface area contributed by atoms with Gasteiger partial charge in [-0.3, -0.25) is 0 Å². The van der Waals surface area contributed by atoms with E-state index in [4.69, 9.17) is 0 Å². The standard InChI is InChI=1S/C6H2F2N2S/c7-3-1-2-4-6(5(3)8)10-11-9-4/h1-2H. The minimum absolute atomic E-state index is 0.00926. The predicted octanol–water partition coefficient (Wildman–Crippen LogP) is 1.97. The first-order valence-corrected chi connectivity index (χ1v) is 3.58. The molecule has 0 saturated heterocycles. The zero-order valence-corrected chi connectivity index (χ0v) is 6.03. The Labute approximate surface area is 64.8 Å². The van der Waals surface area contributed by atoms with Gasteiger partial charge in [-0.15, -0.1) is 0 Å². The molecule has 1 aromatic heterocycles. The number of rotatable bonds is 0. The lowest BCUT2D eigenvalue weighted by Gasteiger charge is -1.89. The Hall–Kier alpha value is -1.10. The number of hydrogen-bond donors (Lipinski definition) is 0. The molecule has 1 heterocycles. The van der Waals surface area contributed by atoms with Gasteiger partial charge in [0.25, 0.3) is 0 Å². The van der Waals surface area contributed by atoms with E-state index in [0.29, 0.717) is 5.52 Å². The Bertz CT molecular complexity index is 398. The molecule has 0 saturated carbocycles. The molecule has 2 nitrogen and oxygen atoms in total. The summed E-state index contributed by atoms with van der Waals surface area (Å²) < 4.78 is 32.6. The number of halogens is 2. The number of nitrogens with zero attached hydrogens (tertiary/aromatic N) is 2. The maximum atomic E-state index is 12.8. The quantitative estimate of drug-likeness (QED) is 0.607. The monoisotopic (exact) mass is 172 g/mol. The fraction of sp³-hybridized carbons (Fsp3) is 0. The smallest absolute Gasteiger partial charge is 0.187 e. The summed E-state index contributed by atoms with van der Waals surface area (Å²) in [6, 6.07) is 2.44. The number of aromatic nitrogens is 2. The van der Waals surface area contributed by atoms with Crippen LogP contribution >= 0.6 is 11.7 Å². The molecular weight excluding hydrogens is 170 g/mol. The third kappa shape index (κ3) is 0.883. The SMILES string of the molecule is Fc1ccc2nsnc2c1F. The second-order valence-corrected chi connectivity index (χ2v) is 2.52. The van der Waals surface area contributed by atoms with E-state index in [0.717, 1.165) is 17.8 Å². The van der Waals surface area contributed by atoms with Crippen molar-refractivity contribution in [3.05, 3.63) is 23.8 Å². The molecule has 0 unspecified atom stereocenters. The summed E-state index contributed by atoms with van der Waals surface area (Å²) in [6.45, 7) is 0. The minimum atomic E-state index is -0.920. The molecule has 2 aromatic rings. The van der Waals surface area contributed by atoms with Gasteiger partial charge in [0.2, 0.25) is 0 Å². The highest BCUT2D eigenvalue weighted by molar-refractivity contribution is 7.00. The summed E-state index contributed by atoms with van der Waals surface area (Å²) in [4.78, 5) is 0. The van der Waals surface area contributed by atoms with E-state index in [1.165, 1.54) is 6.07 Å². The molecular formula is C6H2F2N2S. The van der Waals surface area contributed by atoms with Crippen molar-refractivity contribution in [2.24, 2.45) is 0 Å². The van der Waals surface area contributed by atoms with Gasteiger partial charge < -0.3 is 0 Å². The first kappa shape index (κ1) is 6.60. The van der Waals surface area contributed by atoms with Crippen LogP contribution in [0, 0.1) is 11.6 Å². The Morgan fingerprint density at radius 3 is 2.82 bits per heavy atom. The van der Waals surface area contributed by atoms with Crippen molar-refractivity contribution in [2.75, 3.05) is 0 Å². The van der Waals surface area contributed by atoms with Gasteiger partial charge in [0.15, 0.2) is 11.6 Å². The molecule has 0 N–H and O–H groups in total. The number of hydrogen-bond acceptors (Lipinski definition) is 3. The van der Waals surface area contributed by atoms with E-state index in [1.54, 1.807) is 0 Å². The Morgan fingerprint density at radius 1 is 1.18 bits per heavy atom. The van der Waals surface area contributed by atoms with Crippen LogP contribution in [0.3, 0.4) is 0 Å². The lowest BCUT2D eigenvalue weighted by atomic mass is 10.3. The maximum absolute atomic E-state index is 12.8. The van der Waals surface area contributed by atoms with Crippen LogP contribution in [0.4, 0.5) is 8.78 Å². The van der Waals surface area contributed by atoms with Crippen molar-refractivity contribution in [1.82, 2.24) is 8.75 Å². The molecule has 0 bridgehead atoms. The van der Waals surface area contributed by atoms with Crippen molar-refractivity contribution in [3.8, 4) is 0 Å². The van der Waals surface area contributed by atoms with Gasteiger partial charge in [-0.1, -0.05) is 0 Å². The average molecular weight is 172 g/mol. The van der Waals surface area contributed by atoms with Crippen LogP contribution < -0.4 is 0 Å². The summed E-state index contributed by atoms with van der Waals surface area (Å²) >= 11 is 0.869. The summed E-state index contributed by atoms with van der Waals surface area (Å²) in [7, 11) is 0. The first-order valence-electron chi connectivity index (χ1n) is 2.85. The van der Waals surface area contributed by atoms with Crippen molar-refractivity contribution in [1.29, 1.82) is 0 Å². The van der Waals surface area contributed by atoms with Gasteiger partial charge in [-0.05, 0) is 12.1 Å². The zero-order valence-electron chi connectivity index (χ0n) is 5.21. The summed E-state index contributed by atoms with van der Waals surface area (Å²) in [5, 5.41) is 0. The fourth-order valence-corrected chi connectivity index (χ4v) is 1.33. The molecule has 2 rings (SSSR count). The highest BCUT2D eigenvalue weighted by atomic mass is 32.1. The van der Waals surface area contributed by atoms with Gasteiger partial charge in [-0.2, -0.15) is 8.75 Å². The van der Waals surface area contributed by atoms with E-state index in [2.05, 4.69) is 8.75 Å². The molecule has 0 amide bonds. The zero-order chi connectivity index (χ0) is 7.84. The van der Waals surface area contributed by atoms with Crippen molar-refractivity contribution in [2.45, 2.75) is 0 Å². The molecule has 1 aromatic carbocycles. The lowest BCUT2D eigenvalue weighted by molar-refractivity contribution is 0.516. The molecule has 0 spiro atoms. The van der Waals surface area contributed by atoms with Crippen molar-refractivity contribution >= 4 is 22.8 Å². The third-order valence-corrected chi connectivity index (χ3v) is 1.86. The number of fused-ring (bicyclic) bond motifs is 1. The molecule has 0 atom stereocenters. The third-order valence-electron chi connectivity index (χ3n) is 1.32. The molecule has 0 aliphatic rings. The Kier molecular flexibility index (Phi) is 1.32. The topological polar surface area (TPSA) is 25.8 Å². The van der Waals surface area contributed by atoms with E-state index < -0.39 is 11.6 Å². The predicted molar refractivity (Wildman–Crippen MR) is 37.3 cm³/mol. The summed E-state index contributed by atoms with van der Waals surface area (Å²) in [6.07, 6.45) is 0. The van der Waals surface area contributed by atoms with E-state index >= 15 is 0 Å². The maximum Gasteiger partial charge on any atom is 0.187 e. The van der Waals surface area contributed by atoms with E-state index in [9.17, 15) is 8.78 Å².